The van der Waals surface area contributed by atoms with E-state index in [0.717, 1.165) is 40.2 Å². The molecule has 2 amide bonds. The molecule has 3 fully saturated rings. The number of anilines is 1. The summed E-state index contributed by atoms with van der Waals surface area (Å²) in [5.41, 5.74) is 15.3. The Kier molecular flexibility index (Phi) is 14.4. The molecule has 77 heavy (non-hydrogen) atoms. The molecule has 7 aromatic rings. The van der Waals surface area contributed by atoms with E-state index in [1.807, 2.05) is 81.7 Å². The molecule has 4 aliphatic heterocycles. The van der Waals surface area contributed by atoms with Crippen LogP contribution < -0.4 is 41.3 Å². The van der Waals surface area contributed by atoms with Crippen LogP contribution in [0.4, 0.5) is 10.2 Å². The summed E-state index contributed by atoms with van der Waals surface area (Å²) in [5.74, 6) is 6.84. The zero-order chi connectivity index (χ0) is 53.8. The highest BCUT2D eigenvalue weighted by atomic mass is 35.5. The van der Waals surface area contributed by atoms with Gasteiger partial charge in [-0.2, -0.15) is 15.1 Å². The van der Waals surface area contributed by atoms with Crippen LogP contribution in [0.5, 0.6) is 17.5 Å². The second-order valence-electron chi connectivity index (χ2n) is 20.7. The van der Waals surface area contributed by atoms with Crippen LogP contribution >= 0.6 is 22.9 Å². The number of benzene rings is 4. The molecule has 6 unspecified atom stereocenters. The van der Waals surface area contributed by atoms with Gasteiger partial charge < -0.3 is 50.1 Å². The Hall–Kier alpha value is -7.10. The highest BCUT2D eigenvalue weighted by Gasteiger charge is 2.50. The maximum atomic E-state index is 16.0. The number of thiazole rings is 1. The number of likely N-dealkylation sites (tertiary alicyclic amines) is 1. The third-order valence-electron chi connectivity index (χ3n) is 15.3. The van der Waals surface area contributed by atoms with E-state index in [1.165, 1.54) is 11.1 Å². The molecule has 3 saturated heterocycles. The van der Waals surface area contributed by atoms with Crippen LogP contribution in [0.25, 0.3) is 49.1 Å². The highest BCUT2D eigenvalue weighted by Crippen LogP contribution is 2.55. The highest BCUT2D eigenvalue weighted by molar-refractivity contribution is 7.13. The summed E-state index contributed by atoms with van der Waals surface area (Å²) in [6, 6.07) is 15.9. The molecule has 0 radical (unpaired) electrons. The fraction of sp³-hybridized carbons (Fsp3) is 0.393. The molecule has 6 atom stereocenters. The fourth-order valence-electron chi connectivity index (χ4n) is 11.5. The van der Waals surface area contributed by atoms with Crippen molar-refractivity contribution >= 4 is 68.1 Å². The third-order valence-corrected chi connectivity index (χ3v) is 16.6. The Morgan fingerprint density at radius 2 is 1.87 bits per heavy atom. The van der Waals surface area contributed by atoms with Crippen molar-refractivity contribution in [3.63, 3.8) is 0 Å². The number of nitrogens with two attached hydrogens (primary N) is 2. The van der Waals surface area contributed by atoms with Gasteiger partial charge in [0.05, 0.1) is 56.5 Å². The number of carbonyl (C=O) groups is 2. The van der Waals surface area contributed by atoms with Gasteiger partial charge in [0, 0.05) is 61.5 Å². The largest absolute Gasteiger partial charge is 0.489 e. The lowest BCUT2D eigenvalue weighted by Crippen LogP contribution is -2.55. The quantitative estimate of drug-likeness (QED) is 0.0434. The van der Waals surface area contributed by atoms with Crippen LogP contribution in [0.3, 0.4) is 0 Å². The lowest BCUT2D eigenvalue weighted by atomic mass is 9.93. The van der Waals surface area contributed by atoms with Crippen molar-refractivity contribution in [2.24, 2.45) is 17.5 Å². The lowest BCUT2D eigenvalue weighted by molar-refractivity contribution is -0.143. The number of nitrogens with one attached hydrogen (secondary N) is 3. The topological polar surface area (TPSA) is 224 Å². The van der Waals surface area contributed by atoms with Crippen molar-refractivity contribution < 1.29 is 32.9 Å². The monoisotopic (exact) mass is 1080 g/mol. The van der Waals surface area contributed by atoms with Crippen molar-refractivity contribution in [2.75, 3.05) is 38.3 Å². The fourth-order valence-corrected chi connectivity index (χ4v) is 12.6. The molecule has 7 heterocycles. The number of fused-ring (bicyclic) bond motifs is 7. The molecule has 18 nitrogen and oxygen atoms in total. The zero-order valence-electron chi connectivity index (χ0n) is 43.7. The summed E-state index contributed by atoms with van der Waals surface area (Å²) in [6.45, 7) is 11.6. The van der Waals surface area contributed by atoms with Crippen molar-refractivity contribution in [1.29, 1.82) is 0 Å². The van der Waals surface area contributed by atoms with Gasteiger partial charge in [0.2, 0.25) is 11.8 Å². The first-order chi connectivity index (χ1) is 37.2. The van der Waals surface area contributed by atoms with E-state index in [-0.39, 0.29) is 59.2 Å². The van der Waals surface area contributed by atoms with Gasteiger partial charge in [-0.3, -0.25) is 14.7 Å². The number of halogens is 2. The first-order valence-corrected chi connectivity index (χ1v) is 27.2. The molecule has 0 saturated carbocycles. The number of ether oxygens (including phenoxy) is 4. The van der Waals surface area contributed by atoms with Gasteiger partial charge in [0.15, 0.2) is 11.5 Å². The molecule has 7 N–H and O–H groups in total. The maximum Gasteiger partial charge on any atom is 0.319 e. The minimum atomic E-state index is -0.804. The van der Waals surface area contributed by atoms with E-state index in [4.69, 9.17) is 52.1 Å². The first-order valence-electron chi connectivity index (χ1n) is 26.0. The molecule has 4 aliphatic rings. The molecule has 21 heteroatoms. The number of carbonyl (C=O) groups excluding carboxylic acids is 2. The average Bonchev–Trinajstić information content (AvgIpc) is 4.51. The number of amides is 2. The Labute approximate surface area is 454 Å². The molecule has 0 spiro atoms. The number of H-pyrrole nitrogens is 1. The predicted molar refractivity (Wildman–Crippen MR) is 295 cm³/mol. The SMILES string of the molecule is COCC(C)Oc1nc2c3c(c(Cl)c(-c4c(C)c(F)cc5[nH]ncc45)c(OCc4ccc(/C(N)=C/N(N)C(C(=O)N5CCCC5C(=O)NCc5ccc(-c6scnc6C)cc5)C(C)C)cc4)c3n1)OCC1C3CC(CN3)N21. The van der Waals surface area contributed by atoms with E-state index in [0.29, 0.717) is 100 Å². The summed E-state index contributed by atoms with van der Waals surface area (Å²) in [4.78, 5) is 47.6. The van der Waals surface area contributed by atoms with Crippen LogP contribution in [0.15, 0.2) is 72.5 Å². The van der Waals surface area contributed by atoms with E-state index in [9.17, 15) is 9.59 Å². The van der Waals surface area contributed by atoms with E-state index < -0.39 is 24.0 Å². The van der Waals surface area contributed by atoms with Crippen LogP contribution in [0.1, 0.15) is 68.0 Å². The Bertz CT molecular complexity index is 3410. The number of hydrazine groups is 1. The smallest absolute Gasteiger partial charge is 0.319 e. The standard InChI is InChI=1S/C56H62ClFN12O6S/c1-28(2)49(55(72)68-17-7-8-42(68)54(71)62-20-32-9-15-35(16-10-32)52-31(5)63-27-77-52)69(60)23-39(59)34-13-11-33(12-14-34)25-74-51-45(44-30(4)38(58)19-40-37(44)22-64-67-40)47(57)50-46-48(51)65-56(76-29(3)24-73-6)66-53(46)70-36-18-41(61-21-36)43(70)26-75-50/h9-16,19,22-23,27-29,36,41-43,49,61H,7-8,17-18,20-21,24-26,59-60H2,1-6H3,(H,62,71)(H,64,67)/b39-23-. The molecule has 3 aromatic heterocycles. The summed E-state index contributed by atoms with van der Waals surface area (Å²) >= 11 is 9.18. The molecular formula is C56H62ClFN12O6S. The first kappa shape index (κ1) is 52.0. The van der Waals surface area contributed by atoms with Gasteiger partial charge in [-0.1, -0.05) is 74.0 Å². The van der Waals surface area contributed by atoms with Gasteiger partial charge in [0.1, 0.15) is 48.6 Å². The summed E-state index contributed by atoms with van der Waals surface area (Å²) in [5, 5.41) is 16.6. The lowest BCUT2D eigenvalue weighted by Gasteiger charge is -2.35. The van der Waals surface area contributed by atoms with Crippen LogP contribution in [0.2, 0.25) is 5.02 Å². The number of nitrogens with zero attached hydrogens (tertiary/aromatic N) is 7. The van der Waals surface area contributed by atoms with Gasteiger partial charge in [0.25, 0.3) is 0 Å². The Morgan fingerprint density at radius 3 is 2.61 bits per heavy atom. The van der Waals surface area contributed by atoms with Crippen LogP contribution in [-0.2, 0) is 27.5 Å². The molecule has 2 bridgehead atoms. The number of aromatic amines is 1. The number of aryl methyl sites for hydroxylation is 1. The van der Waals surface area contributed by atoms with Gasteiger partial charge >= 0.3 is 6.01 Å². The molecular weight excluding hydrogens is 1020 g/mol. The zero-order valence-corrected chi connectivity index (χ0v) is 45.3. The van der Waals surface area contributed by atoms with Crippen molar-refractivity contribution in [2.45, 2.75) is 103 Å². The van der Waals surface area contributed by atoms with Gasteiger partial charge in [-0.25, -0.2) is 15.2 Å². The van der Waals surface area contributed by atoms with Crippen LogP contribution in [-0.4, -0.2) is 117 Å². The van der Waals surface area contributed by atoms with Crippen molar-refractivity contribution in [3.05, 3.63) is 111 Å². The minimum absolute atomic E-state index is 0.0268. The second-order valence-corrected chi connectivity index (χ2v) is 22.0. The number of methoxy groups -OCH3 is 1. The molecule has 0 aliphatic carbocycles. The van der Waals surface area contributed by atoms with Crippen molar-refractivity contribution in [1.82, 2.24) is 45.7 Å². The minimum Gasteiger partial charge on any atom is -0.489 e. The van der Waals surface area contributed by atoms with E-state index in [2.05, 4.69) is 30.7 Å². The molecule has 11 rings (SSSR count). The predicted octanol–water partition coefficient (Wildman–Crippen LogP) is 7.77. The molecule has 402 valence electrons. The number of aromatic nitrogens is 5. The number of piperazine rings is 1. The number of rotatable bonds is 17. The summed E-state index contributed by atoms with van der Waals surface area (Å²) in [6.07, 6.45) is 4.95. The second kappa shape index (κ2) is 21.4. The number of hydrogen-bond donors (Lipinski definition) is 5. The van der Waals surface area contributed by atoms with E-state index >= 15 is 4.39 Å². The van der Waals surface area contributed by atoms with Gasteiger partial charge in [-0.15, -0.1) is 11.3 Å². The summed E-state index contributed by atoms with van der Waals surface area (Å²) in [7, 11) is 1.60. The molecule has 4 aromatic carbocycles. The normalized spacial score (nSPS) is 19.6. The maximum absolute atomic E-state index is 16.0. The average molecular weight is 1090 g/mol. The summed E-state index contributed by atoms with van der Waals surface area (Å²) < 4.78 is 41.4. The van der Waals surface area contributed by atoms with Crippen molar-refractivity contribution in [3.8, 4) is 39.1 Å². The Morgan fingerprint density at radius 1 is 1.09 bits per heavy atom. The number of hydrogen-bond acceptors (Lipinski definition) is 16. The van der Waals surface area contributed by atoms with Crippen LogP contribution in [0, 0.1) is 25.6 Å². The van der Waals surface area contributed by atoms with E-state index in [1.54, 1.807) is 42.7 Å². The Balaban J connectivity index is 0.858. The van der Waals surface area contributed by atoms with Gasteiger partial charge in [-0.05, 0) is 79.8 Å². The third kappa shape index (κ3) is 9.74.